The van der Waals surface area contributed by atoms with Crippen LogP contribution in [0.15, 0.2) is 69.0 Å². The van der Waals surface area contributed by atoms with Gasteiger partial charge in [-0.25, -0.2) is 9.36 Å². The summed E-state index contributed by atoms with van der Waals surface area (Å²) in [6.07, 6.45) is 0. The molecule has 118 valence electrons. The fourth-order valence-corrected chi connectivity index (χ4v) is 3.71. The van der Waals surface area contributed by atoms with Crippen molar-refractivity contribution in [2.24, 2.45) is 0 Å². The molecular formula is C17H9ClN2O3S. The minimum atomic E-state index is -0.596. The van der Waals surface area contributed by atoms with Crippen LogP contribution in [0, 0.1) is 0 Å². The van der Waals surface area contributed by atoms with Gasteiger partial charge in [0.2, 0.25) is 0 Å². The van der Waals surface area contributed by atoms with Crippen LogP contribution in [0.2, 0.25) is 5.02 Å². The second-order valence-corrected chi connectivity index (χ2v) is 6.61. The fourth-order valence-electron chi connectivity index (χ4n) is 2.66. The second kappa shape index (κ2) is 5.43. The van der Waals surface area contributed by atoms with Crippen LogP contribution in [0.25, 0.3) is 21.4 Å². The van der Waals surface area contributed by atoms with Gasteiger partial charge >= 0.3 is 5.69 Å². The zero-order chi connectivity index (χ0) is 16.8. The second-order valence-electron chi connectivity index (χ2n) is 5.16. The number of para-hydroxylation sites is 1. The van der Waals surface area contributed by atoms with Crippen LogP contribution in [-0.4, -0.2) is 8.97 Å². The smallest absolute Gasteiger partial charge is 0.275 e. The van der Waals surface area contributed by atoms with E-state index in [1.54, 1.807) is 42.5 Å². The molecule has 7 heteroatoms. The molecule has 0 fully saturated rings. The first-order chi connectivity index (χ1) is 11.6. The molecule has 0 aliphatic carbocycles. The van der Waals surface area contributed by atoms with Crippen LogP contribution in [0.4, 0.5) is 0 Å². The Hall–Kier alpha value is -2.70. The molecule has 0 N–H and O–H groups in total. The molecule has 24 heavy (non-hydrogen) atoms. The molecule has 0 amide bonds. The lowest BCUT2D eigenvalue weighted by molar-refractivity contribution is 0.859. The summed E-state index contributed by atoms with van der Waals surface area (Å²) in [5, 5.41) is 0.411. The molecule has 4 aromatic rings. The highest BCUT2D eigenvalue weighted by Gasteiger charge is 2.13. The van der Waals surface area contributed by atoms with E-state index in [9.17, 15) is 14.4 Å². The lowest BCUT2D eigenvalue weighted by Gasteiger charge is -2.09. The van der Waals surface area contributed by atoms with Crippen LogP contribution in [0.5, 0.6) is 0 Å². The maximum absolute atomic E-state index is 13.0. The van der Waals surface area contributed by atoms with Crippen molar-refractivity contribution in [1.82, 2.24) is 8.97 Å². The van der Waals surface area contributed by atoms with Crippen LogP contribution in [0.3, 0.4) is 0 Å². The van der Waals surface area contributed by atoms with E-state index in [0.29, 0.717) is 20.9 Å². The zero-order valence-electron chi connectivity index (χ0n) is 12.1. The van der Waals surface area contributed by atoms with E-state index in [2.05, 4.69) is 0 Å². The Kier molecular flexibility index (Phi) is 3.37. The molecule has 0 aliphatic heterocycles. The van der Waals surface area contributed by atoms with Crippen LogP contribution >= 0.6 is 22.9 Å². The summed E-state index contributed by atoms with van der Waals surface area (Å²) in [4.78, 5) is 37.7. The van der Waals surface area contributed by atoms with Gasteiger partial charge < -0.3 is 0 Å². The first-order valence-corrected chi connectivity index (χ1v) is 8.22. The van der Waals surface area contributed by atoms with E-state index in [1.807, 2.05) is 0 Å². The Bertz CT molecular complexity index is 1290. The summed E-state index contributed by atoms with van der Waals surface area (Å²) in [5.74, 6) is 0. The molecule has 0 aliphatic rings. The number of hydrogen-bond donors (Lipinski definition) is 0. The van der Waals surface area contributed by atoms with Gasteiger partial charge in [-0.15, -0.1) is 0 Å². The number of fused-ring (bicyclic) bond motifs is 3. The summed E-state index contributed by atoms with van der Waals surface area (Å²) >= 11 is 6.97. The summed E-state index contributed by atoms with van der Waals surface area (Å²) in [6, 6.07) is 14.7. The first kappa shape index (κ1) is 14.9. The topological polar surface area (TPSA) is 60.5 Å². The predicted molar refractivity (Wildman–Crippen MR) is 95.9 cm³/mol. The van der Waals surface area contributed by atoms with E-state index in [1.165, 1.54) is 16.5 Å². The lowest BCUT2D eigenvalue weighted by Crippen LogP contribution is -2.37. The van der Waals surface area contributed by atoms with Crippen molar-refractivity contribution in [2.75, 3.05) is 0 Å². The Morgan fingerprint density at radius 2 is 1.67 bits per heavy atom. The third kappa shape index (κ3) is 2.19. The van der Waals surface area contributed by atoms with Gasteiger partial charge in [-0.1, -0.05) is 41.1 Å². The van der Waals surface area contributed by atoms with Crippen LogP contribution in [0.1, 0.15) is 0 Å². The van der Waals surface area contributed by atoms with Gasteiger partial charge in [0.05, 0.1) is 15.9 Å². The van der Waals surface area contributed by atoms with Crippen LogP contribution in [-0.2, 0) is 0 Å². The number of rotatable bonds is 1. The lowest BCUT2D eigenvalue weighted by atomic mass is 10.3. The summed E-state index contributed by atoms with van der Waals surface area (Å²) < 4.78 is 2.63. The number of aromatic nitrogens is 2. The van der Waals surface area contributed by atoms with Crippen molar-refractivity contribution in [3.63, 3.8) is 0 Å². The molecule has 2 aromatic carbocycles. The highest BCUT2D eigenvalue weighted by atomic mass is 35.5. The maximum Gasteiger partial charge on any atom is 0.340 e. The minimum Gasteiger partial charge on any atom is -0.275 e. The predicted octanol–water partition coefficient (Wildman–Crippen LogP) is 2.68. The van der Waals surface area contributed by atoms with Crippen molar-refractivity contribution in [2.45, 2.75) is 0 Å². The molecule has 4 rings (SSSR count). The highest BCUT2D eigenvalue weighted by Crippen LogP contribution is 2.16. The maximum atomic E-state index is 13.0. The molecule has 0 saturated heterocycles. The highest BCUT2D eigenvalue weighted by molar-refractivity contribution is 7.16. The minimum absolute atomic E-state index is 0.0759. The van der Waals surface area contributed by atoms with E-state index in [-0.39, 0.29) is 10.3 Å². The van der Waals surface area contributed by atoms with Crippen LogP contribution < -0.4 is 16.0 Å². The third-order valence-electron chi connectivity index (χ3n) is 3.69. The SMILES string of the molecule is O=c1sc2ccccc2n2c(=O)n(-c3cccc(Cl)c3)c(=O)cc12. The average Bonchev–Trinajstić information content (AvgIpc) is 2.55. The quantitative estimate of drug-likeness (QED) is 0.493. The van der Waals surface area contributed by atoms with Gasteiger partial charge in [-0.3, -0.25) is 14.0 Å². The Morgan fingerprint density at radius 1 is 0.875 bits per heavy atom. The van der Waals surface area contributed by atoms with Gasteiger partial charge in [0.1, 0.15) is 5.52 Å². The summed E-state index contributed by atoms with van der Waals surface area (Å²) in [6.45, 7) is 0. The third-order valence-corrected chi connectivity index (χ3v) is 4.88. The number of hydrogen-bond acceptors (Lipinski definition) is 4. The average molecular weight is 357 g/mol. The molecule has 0 atom stereocenters. The zero-order valence-corrected chi connectivity index (χ0v) is 13.7. The monoisotopic (exact) mass is 356 g/mol. The van der Waals surface area contributed by atoms with E-state index >= 15 is 0 Å². The van der Waals surface area contributed by atoms with Crippen molar-refractivity contribution < 1.29 is 0 Å². The fraction of sp³-hybridized carbons (Fsp3) is 0. The Morgan fingerprint density at radius 3 is 2.46 bits per heavy atom. The number of nitrogens with zero attached hydrogens (tertiary/aromatic N) is 2. The van der Waals surface area contributed by atoms with Gasteiger partial charge in [0.25, 0.3) is 10.3 Å². The summed E-state index contributed by atoms with van der Waals surface area (Å²) in [7, 11) is 0. The van der Waals surface area contributed by atoms with Gasteiger partial charge in [0.15, 0.2) is 0 Å². The van der Waals surface area contributed by atoms with E-state index in [0.717, 1.165) is 15.9 Å². The molecule has 2 heterocycles. The molecule has 0 radical (unpaired) electrons. The molecule has 5 nitrogen and oxygen atoms in total. The summed E-state index contributed by atoms with van der Waals surface area (Å²) in [5.41, 5.74) is -0.150. The molecule has 0 saturated carbocycles. The normalized spacial score (nSPS) is 11.2. The van der Waals surface area contributed by atoms with Gasteiger partial charge in [-0.05, 0) is 30.3 Å². The molecule has 0 spiro atoms. The number of benzene rings is 2. The Balaban J connectivity index is 2.26. The van der Waals surface area contributed by atoms with Crippen molar-refractivity contribution in [3.05, 3.63) is 90.0 Å². The van der Waals surface area contributed by atoms with E-state index in [4.69, 9.17) is 11.6 Å². The molecule has 0 bridgehead atoms. The van der Waals surface area contributed by atoms with Crippen molar-refractivity contribution in [1.29, 1.82) is 0 Å². The molecule has 0 unspecified atom stereocenters. The van der Waals surface area contributed by atoms with Crippen molar-refractivity contribution in [3.8, 4) is 5.69 Å². The van der Waals surface area contributed by atoms with Crippen molar-refractivity contribution >= 4 is 38.7 Å². The van der Waals surface area contributed by atoms with Gasteiger partial charge in [-0.2, -0.15) is 0 Å². The van der Waals surface area contributed by atoms with Gasteiger partial charge in [0, 0.05) is 11.1 Å². The largest absolute Gasteiger partial charge is 0.340 e. The first-order valence-electron chi connectivity index (χ1n) is 7.03. The van der Waals surface area contributed by atoms with E-state index < -0.39 is 11.2 Å². The Labute approximate surface area is 143 Å². The standard InChI is InChI=1S/C17H9ClN2O3S/c18-10-4-3-5-11(8-10)19-15(21)9-13-16(22)24-14-7-2-1-6-12(14)20(13)17(19)23/h1-9H. The molecular weight excluding hydrogens is 348 g/mol. The molecule has 2 aromatic heterocycles. The number of halogens is 1.